The van der Waals surface area contributed by atoms with Crippen LogP contribution in [-0.2, 0) is 16.4 Å². The summed E-state index contributed by atoms with van der Waals surface area (Å²) in [6.07, 6.45) is 0.927. The van der Waals surface area contributed by atoms with E-state index in [1.165, 1.54) is 0 Å². The van der Waals surface area contributed by atoms with E-state index < -0.39 is 9.84 Å². The number of rotatable bonds is 5. The van der Waals surface area contributed by atoms with Crippen LogP contribution in [0.5, 0.6) is 0 Å². The van der Waals surface area contributed by atoms with Gasteiger partial charge >= 0.3 is 0 Å². The number of nitrogens with zero attached hydrogens (tertiary/aromatic N) is 2. The van der Waals surface area contributed by atoms with Gasteiger partial charge < -0.3 is 4.57 Å². The smallest absolute Gasteiger partial charge is 0.206 e. The van der Waals surface area contributed by atoms with Crippen LogP contribution in [0.25, 0.3) is 11.4 Å². The lowest BCUT2D eigenvalue weighted by molar-refractivity contribution is 0.596. The minimum atomic E-state index is -3.55. The molecule has 0 unspecified atom stereocenters. The molecule has 130 valence electrons. The molecule has 0 aliphatic rings. The van der Waals surface area contributed by atoms with E-state index in [9.17, 15) is 8.42 Å². The molecule has 2 aromatic carbocycles. The van der Waals surface area contributed by atoms with Crippen molar-refractivity contribution in [2.75, 3.05) is 0 Å². The average molecular weight is 438 g/mol. The first-order valence-electron chi connectivity index (χ1n) is 7.70. The standard InChI is InChI=1S/C17H16BrN3O2S2/c1-2-11-21-16(19-20-17(21)24)12-3-7-14(8-4-12)25(22,23)15-9-5-13(18)6-10-15/h3-10H,2,11H2,1H3,(H,20,24). The summed E-state index contributed by atoms with van der Waals surface area (Å²) >= 11 is 8.55. The van der Waals surface area contributed by atoms with E-state index in [2.05, 4.69) is 33.1 Å². The SMILES string of the molecule is CCCn1c(-c2ccc(S(=O)(=O)c3ccc(Br)cc3)cc2)n[nH]c1=S. The molecule has 8 heteroatoms. The Morgan fingerprint density at radius 2 is 1.64 bits per heavy atom. The Hall–Kier alpha value is -1.77. The highest BCUT2D eigenvalue weighted by Crippen LogP contribution is 2.25. The van der Waals surface area contributed by atoms with Crippen molar-refractivity contribution in [1.82, 2.24) is 14.8 Å². The fourth-order valence-electron chi connectivity index (χ4n) is 2.50. The molecule has 0 aliphatic carbocycles. The number of hydrogen-bond acceptors (Lipinski definition) is 4. The third kappa shape index (κ3) is 3.61. The summed E-state index contributed by atoms with van der Waals surface area (Å²) in [6.45, 7) is 2.82. The predicted molar refractivity (Wildman–Crippen MR) is 103 cm³/mol. The zero-order valence-electron chi connectivity index (χ0n) is 13.4. The van der Waals surface area contributed by atoms with E-state index in [1.54, 1.807) is 48.5 Å². The Morgan fingerprint density at radius 3 is 2.20 bits per heavy atom. The number of halogens is 1. The second-order valence-electron chi connectivity index (χ2n) is 5.49. The molecule has 3 aromatic rings. The molecule has 3 rings (SSSR count). The fourth-order valence-corrected chi connectivity index (χ4v) is 4.25. The molecule has 0 amide bonds. The molecule has 1 heterocycles. The monoisotopic (exact) mass is 437 g/mol. The lowest BCUT2D eigenvalue weighted by Crippen LogP contribution is -2.03. The molecule has 0 spiro atoms. The van der Waals surface area contributed by atoms with Gasteiger partial charge in [-0.1, -0.05) is 22.9 Å². The van der Waals surface area contributed by atoms with Gasteiger partial charge in [0.05, 0.1) is 9.79 Å². The predicted octanol–water partition coefficient (Wildman–Crippen LogP) is 4.61. The second-order valence-corrected chi connectivity index (χ2v) is 8.74. The summed E-state index contributed by atoms with van der Waals surface area (Å²) in [5, 5.41) is 7.05. The van der Waals surface area contributed by atoms with Crippen molar-refractivity contribution >= 4 is 38.0 Å². The largest absolute Gasteiger partial charge is 0.300 e. The van der Waals surface area contributed by atoms with Crippen LogP contribution in [0.1, 0.15) is 13.3 Å². The zero-order valence-corrected chi connectivity index (χ0v) is 16.7. The molecule has 0 saturated carbocycles. The van der Waals surface area contributed by atoms with Gasteiger partial charge in [-0.15, -0.1) is 0 Å². The van der Waals surface area contributed by atoms with Gasteiger partial charge in [-0.25, -0.2) is 8.42 Å². The van der Waals surface area contributed by atoms with E-state index in [-0.39, 0.29) is 9.79 Å². The maximum atomic E-state index is 12.7. The Bertz CT molecular complexity index is 1040. The molecule has 0 radical (unpaired) electrons. The van der Waals surface area contributed by atoms with Crippen molar-refractivity contribution in [3.05, 3.63) is 57.8 Å². The summed E-state index contributed by atoms with van der Waals surface area (Å²) < 4.78 is 28.7. The minimum absolute atomic E-state index is 0.245. The van der Waals surface area contributed by atoms with Gasteiger partial charge in [-0.05, 0) is 67.2 Å². The molecule has 0 fully saturated rings. The maximum absolute atomic E-state index is 12.7. The third-order valence-electron chi connectivity index (χ3n) is 3.75. The number of aromatic amines is 1. The molecule has 1 N–H and O–H groups in total. The van der Waals surface area contributed by atoms with Gasteiger partial charge in [0.1, 0.15) is 0 Å². The van der Waals surface area contributed by atoms with Crippen LogP contribution in [0.2, 0.25) is 0 Å². The summed E-state index contributed by atoms with van der Waals surface area (Å²) in [5.74, 6) is 0.708. The van der Waals surface area contributed by atoms with Crippen molar-refractivity contribution in [3.63, 3.8) is 0 Å². The molecule has 0 saturated heterocycles. The number of sulfone groups is 1. The van der Waals surface area contributed by atoms with Crippen LogP contribution in [0, 0.1) is 4.77 Å². The molecule has 1 aromatic heterocycles. The quantitative estimate of drug-likeness (QED) is 0.591. The minimum Gasteiger partial charge on any atom is -0.300 e. The number of benzene rings is 2. The van der Waals surface area contributed by atoms with Gasteiger partial charge in [0.2, 0.25) is 9.84 Å². The summed E-state index contributed by atoms with van der Waals surface area (Å²) in [4.78, 5) is 0.506. The molecule has 0 bridgehead atoms. The highest BCUT2D eigenvalue weighted by Gasteiger charge is 2.18. The first-order chi connectivity index (χ1) is 11.9. The van der Waals surface area contributed by atoms with Gasteiger partial charge in [-0.3, -0.25) is 5.10 Å². The van der Waals surface area contributed by atoms with Crippen LogP contribution < -0.4 is 0 Å². The molecule has 0 aliphatic heterocycles. The van der Waals surface area contributed by atoms with Crippen molar-refractivity contribution in [2.45, 2.75) is 29.7 Å². The van der Waals surface area contributed by atoms with E-state index in [0.717, 1.165) is 23.0 Å². The highest BCUT2D eigenvalue weighted by atomic mass is 79.9. The van der Waals surface area contributed by atoms with Crippen LogP contribution in [0.3, 0.4) is 0 Å². The summed E-state index contributed by atoms with van der Waals surface area (Å²) in [7, 11) is -3.55. The Kier molecular flexibility index (Phi) is 5.21. The zero-order chi connectivity index (χ0) is 18.0. The Labute approximate surface area is 159 Å². The topological polar surface area (TPSA) is 67.8 Å². The van der Waals surface area contributed by atoms with E-state index in [4.69, 9.17) is 12.2 Å². The normalized spacial score (nSPS) is 11.6. The van der Waals surface area contributed by atoms with Gasteiger partial charge in [0.25, 0.3) is 0 Å². The first-order valence-corrected chi connectivity index (χ1v) is 10.4. The van der Waals surface area contributed by atoms with Crippen LogP contribution in [0.15, 0.2) is 62.8 Å². The first kappa shape index (κ1) is 18.0. The Morgan fingerprint density at radius 1 is 1.08 bits per heavy atom. The summed E-state index contributed by atoms with van der Waals surface area (Å²) in [6, 6.07) is 13.3. The van der Waals surface area contributed by atoms with Crippen molar-refractivity contribution in [1.29, 1.82) is 0 Å². The fraction of sp³-hybridized carbons (Fsp3) is 0.176. The summed E-state index contributed by atoms with van der Waals surface area (Å²) in [5.41, 5.74) is 0.815. The van der Waals surface area contributed by atoms with Crippen molar-refractivity contribution in [3.8, 4) is 11.4 Å². The lowest BCUT2D eigenvalue weighted by atomic mass is 10.2. The van der Waals surface area contributed by atoms with Crippen LogP contribution >= 0.6 is 28.1 Å². The van der Waals surface area contributed by atoms with Crippen molar-refractivity contribution < 1.29 is 8.42 Å². The number of H-pyrrole nitrogens is 1. The van der Waals surface area contributed by atoms with E-state index in [0.29, 0.717) is 10.6 Å². The van der Waals surface area contributed by atoms with E-state index >= 15 is 0 Å². The van der Waals surface area contributed by atoms with E-state index in [1.807, 2.05) is 4.57 Å². The molecule has 0 atom stereocenters. The lowest BCUT2D eigenvalue weighted by Gasteiger charge is -2.08. The van der Waals surface area contributed by atoms with Gasteiger partial charge in [-0.2, -0.15) is 5.10 Å². The number of hydrogen-bond donors (Lipinski definition) is 1. The third-order valence-corrected chi connectivity index (χ3v) is 6.38. The van der Waals surface area contributed by atoms with Crippen molar-refractivity contribution in [2.24, 2.45) is 0 Å². The molecule has 5 nitrogen and oxygen atoms in total. The molecule has 25 heavy (non-hydrogen) atoms. The molecular weight excluding hydrogens is 422 g/mol. The highest BCUT2D eigenvalue weighted by molar-refractivity contribution is 9.10. The van der Waals surface area contributed by atoms with Gasteiger partial charge in [0, 0.05) is 16.6 Å². The average Bonchev–Trinajstić information content (AvgIpc) is 2.97. The maximum Gasteiger partial charge on any atom is 0.206 e. The number of nitrogens with one attached hydrogen (secondary N) is 1. The van der Waals surface area contributed by atoms with Crippen LogP contribution in [0.4, 0.5) is 0 Å². The number of aromatic nitrogens is 3. The Balaban J connectivity index is 1.98. The molecular formula is C17H16BrN3O2S2. The van der Waals surface area contributed by atoms with Gasteiger partial charge in [0.15, 0.2) is 10.6 Å². The van der Waals surface area contributed by atoms with Crippen LogP contribution in [-0.4, -0.2) is 23.2 Å². The second kappa shape index (κ2) is 7.23.